The van der Waals surface area contributed by atoms with Crippen LogP contribution in [0.5, 0.6) is 11.5 Å². The zero-order chi connectivity index (χ0) is 45.5. The van der Waals surface area contributed by atoms with Gasteiger partial charge in [0.25, 0.3) is 11.4 Å². The summed E-state index contributed by atoms with van der Waals surface area (Å²) in [5.74, 6) is -3.88. The Kier molecular flexibility index (Phi) is 23.6. The second-order valence-electron chi connectivity index (χ2n) is 12.1. The number of carbonyl (C=O) groups is 2. The summed E-state index contributed by atoms with van der Waals surface area (Å²) in [7, 11) is -15.8. The summed E-state index contributed by atoms with van der Waals surface area (Å²) < 4.78 is 104. The first-order valence-electron chi connectivity index (χ1n) is 15.7. The zero-order valence-corrected chi connectivity index (χ0v) is 46.4. The Morgan fingerprint density at radius 3 is 1.48 bits per heavy atom. The van der Waals surface area contributed by atoms with Gasteiger partial charge in [0.05, 0.1) is 24.7 Å². The number of nitro benzene ring substituents is 2. The number of carbonyl (C=O) groups excluding carboxylic acids is 2. The Labute approximate surface area is 476 Å². The molecule has 0 heterocycles. The van der Waals surface area contributed by atoms with Crippen molar-refractivity contribution in [2.75, 3.05) is 22.3 Å². The number of allylic oxidation sites excluding steroid dienone is 2. The van der Waals surface area contributed by atoms with E-state index in [9.17, 15) is 78.9 Å². The number of fused-ring (bicyclic) bond motifs is 2. The standard InChI is InChI=1S/C16H11ClN4O7S.C16H12N4O10S2.Cr.4Na/c17-11-5-9(21(24)25)6-12(16(11)23)19-20-14-13(29(26,27)28)4-7-3-8(18)1-2-10(7)15(14)22;17-8-2-1-7-3-12(31(25,26)27)14(15(21)10(7)4-8)19-18-11-5-9(20(23)24)6-13(16(11)22)32(28,29)30;;;;;/h1-6,19,23H,18H2,(H,26,27,28);1-6,18,22H,17H2,(H,25,26,27)(H,28,29,30);;;;;/q;;;4*+1/p-3. The number of nitrogens with two attached hydrogens (primary N) is 2. The predicted octanol–water partition coefficient (Wildman–Crippen LogP) is -9.56. The van der Waals surface area contributed by atoms with Crippen LogP contribution in [0.2, 0.25) is 5.02 Å². The topological polar surface area (TPSA) is 433 Å². The van der Waals surface area contributed by atoms with Crippen LogP contribution in [0.1, 0.15) is 31.8 Å². The van der Waals surface area contributed by atoms with Crippen LogP contribution in [0.25, 0.3) is 12.2 Å². The molecule has 4 aromatic carbocycles. The van der Waals surface area contributed by atoms with Gasteiger partial charge in [-0.25, -0.2) is 25.3 Å². The van der Waals surface area contributed by atoms with E-state index in [1.165, 1.54) is 36.4 Å². The molecule has 4 aromatic rings. The fourth-order valence-corrected chi connectivity index (χ4v) is 7.40. The molecule has 0 unspecified atom stereocenters. The third-order valence-electron chi connectivity index (χ3n) is 8.03. The second kappa shape index (κ2) is 24.7. The molecule has 6 rings (SSSR count). The number of phenolic OH excluding ortho intramolecular Hbond substituents is 2. The predicted molar refractivity (Wildman–Crippen MR) is 210 cm³/mol. The SMILES string of the molecule is Nc1ccc2c(c1)C(=O)C(=NNc1cc([N+](=O)[O-])cc(S(=O)(=O)[O-])c1O)C(S(=O)(=O)[O-])=C2.Nc1ccc2c(c1)C=C(S(=O)(=O)[O-])C(=NNc1cc([N+](=O)[O-])cc(Cl)c1O)C2=O.[Cr].[Na+].[Na+].[Na+].[Na+]. The van der Waals surface area contributed by atoms with Gasteiger partial charge in [0, 0.05) is 64.1 Å². The second-order valence-corrected chi connectivity index (χ2v) is 16.5. The number of aromatic hydroxyl groups is 2. The number of ketones is 2. The monoisotopic (exact) mass is 1060 g/mol. The minimum atomic E-state index is -5.38. The van der Waals surface area contributed by atoms with Gasteiger partial charge in [-0.15, -0.1) is 0 Å². The van der Waals surface area contributed by atoms with Crippen molar-refractivity contribution in [1.29, 1.82) is 0 Å². The smallest absolute Gasteiger partial charge is 0.744 e. The van der Waals surface area contributed by atoms with E-state index >= 15 is 0 Å². The average Bonchev–Trinajstić information content (AvgIpc) is 3.14. The van der Waals surface area contributed by atoms with Crippen molar-refractivity contribution in [3.8, 4) is 11.5 Å². The summed E-state index contributed by atoms with van der Waals surface area (Å²) >= 11 is 5.72. The van der Waals surface area contributed by atoms with E-state index < -0.39 is 106 Å². The number of rotatable bonds is 9. The maximum Gasteiger partial charge on any atom is 1.00 e. The van der Waals surface area contributed by atoms with Gasteiger partial charge in [-0.05, 0) is 53.6 Å². The molecule has 0 atom stereocenters. The van der Waals surface area contributed by atoms with Gasteiger partial charge >= 0.3 is 118 Å². The number of halogens is 1. The van der Waals surface area contributed by atoms with E-state index in [4.69, 9.17) is 23.1 Å². The van der Waals surface area contributed by atoms with Crippen molar-refractivity contribution in [2.45, 2.75) is 4.90 Å². The summed E-state index contributed by atoms with van der Waals surface area (Å²) in [4.78, 5) is 42.2. The molecule has 2 aliphatic carbocycles. The van der Waals surface area contributed by atoms with Crippen LogP contribution in [-0.4, -0.2) is 82.0 Å². The van der Waals surface area contributed by atoms with Crippen LogP contribution < -0.4 is 141 Å². The molecule has 0 saturated carbocycles. The fourth-order valence-electron chi connectivity index (χ4n) is 5.28. The van der Waals surface area contributed by atoms with Crippen LogP contribution in [0.3, 0.4) is 0 Å². The van der Waals surface area contributed by atoms with Gasteiger partial charge in [0.2, 0.25) is 11.6 Å². The molecule has 324 valence electrons. The maximum atomic E-state index is 12.7. The number of nitrogens with zero attached hydrogens (tertiary/aromatic N) is 4. The summed E-state index contributed by atoms with van der Waals surface area (Å²) in [6.45, 7) is 0. The molecular formula is C32H20ClCrN8Na4O17S3+. The largest absolute Gasteiger partial charge is 1.00 e. The van der Waals surface area contributed by atoms with E-state index in [-0.39, 0.29) is 180 Å². The van der Waals surface area contributed by atoms with Gasteiger partial charge in [0.1, 0.15) is 58.0 Å². The molecule has 34 heteroatoms. The normalized spacial score (nSPS) is 14.0. The Morgan fingerprint density at radius 2 is 1.02 bits per heavy atom. The number of anilines is 4. The molecule has 0 saturated heterocycles. The first kappa shape index (κ1) is 63.2. The van der Waals surface area contributed by atoms with E-state index in [2.05, 4.69) is 15.6 Å². The van der Waals surface area contributed by atoms with Crippen LogP contribution >= 0.6 is 11.6 Å². The molecule has 0 spiro atoms. The minimum Gasteiger partial charge on any atom is -0.744 e. The molecule has 0 aliphatic heterocycles. The van der Waals surface area contributed by atoms with Crippen molar-refractivity contribution in [3.63, 3.8) is 0 Å². The molecule has 25 nitrogen and oxygen atoms in total. The zero-order valence-electron chi connectivity index (χ0n) is 33.9. The average molecular weight is 1060 g/mol. The fraction of sp³-hybridized carbons (Fsp3) is 0. The van der Waals surface area contributed by atoms with Crippen molar-refractivity contribution >= 4 is 111 Å². The molecular weight excluding hydrogens is 1040 g/mol. The van der Waals surface area contributed by atoms with E-state index in [0.29, 0.717) is 12.1 Å². The minimum absolute atomic E-state index is 0. The van der Waals surface area contributed by atoms with Gasteiger partial charge < -0.3 is 35.3 Å². The number of nitrogen functional groups attached to an aromatic ring is 2. The molecule has 0 fully saturated rings. The Morgan fingerprint density at radius 1 is 0.591 bits per heavy atom. The van der Waals surface area contributed by atoms with Crippen molar-refractivity contribution in [1.82, 2.24) is 0 Å². The number of hydrazone groups is 2. The number of non-ortho nitro benzene ring substituents is 2. The van der Waals surface area contributed by atoms with Crippen LogP contribution in [0.15, 0.2) is 85.6 Å². The molecule has 66 heavy (non-hydrogen) atoms. The Hall–Kier alpha value is -2.81. The van der Waals surface area contributed by atoms with E-state index in [1.807, 2.05) is 5.43 Å². The molecule has 2 aliphatic rings. The first-order chi connectivity index (χ1) is 28.2. The van der Waals surface area contributed by atoms with Crippen LogP contribution in [-0.2, 0) is 47.7 Å². The Bertz CT molecular complexity index is 3140. The van der Waals surface area contributed by atoms with Crippen molar-refractivity contribution in [3.05, 3.63) is 118 Å². The third-order valence-corrected chi connectivity index (χ3v) is 10.9. The van der Waals surface area contributed by atoms with Crippen molar-refractivity contribution < 1.29 is 204 Å². The quantitative estimate of drug-likeness (QED) is 0.0226. The van der Waals surface area contributed by atoms with E-state index in [1.54, 1.807) is 0 Å². The van der Waals surface area contributed by atoms with Gasteiger partial charge in [-0.1, -0.05) is 17.7 Å². The van der Waals surface area contributed by atoms with Gasteiger partial charge in [0.15, 0.2) is 11.5 Å². The molecule has 0 bridgehead atoms. The number of Topliss-reactive ketones (excluding diaryl/α,β-unsaturated/α-hetero) is 2. The number of phenols is 2. The Balaban J connectivity index is 0.00000119. The number of nitro groups is 2. The van der Waals surface area contributed by atoms with Gasteiger partial charge in [-0.3, -0.25) is 40.7 Å². The number of hydrogen-bond acceptors (Lipinski definition) is 23. The van der Waals surface area contributed by atoms with Crippen LogP contribution in [0.4, 0.5) is 34.1 Å². The number of benzene rings is 4. The third kappa shape index (κ3) is 14.6. The molecule has 0 amide bonds. The van der Waals surface area contributed by atoms with Crippen LogP contribution in [0, 0.1) is 20.2 Å². The summed E-state index contributed by atoms with van der Waals surface area (Å²) in [6, 6.07) is 10.5. The molecule has 0 radical (unpaired) electrons. The van der Waals surface area contributed by atoms with E-state index in [0.717, 1.165) is 24.3 Å². The number of hydrogen-bond donors (Lipinski definition) is 6. The summed E-state index contributed by atoms with van der Waals surface area (Å²) in [6.07, 6.45) is 1.79. The number of nitrogens with one attached hydrogen (secondary N) is 2. The van der Waals surface area contributed by atoms with Crippen molar-refractivity contribution in [2.24, 2.45) is 10.2 Å². The summed E-state index contributed by atoms with van der Waals surface area (Å²) in [5.41, 5.74) is 11.4. The molecule has 8 N–H and O–H groups in total. The molecule has 0 aromatic heterocycles. The summed E-state index contributed by atoms with van der Waals surface area (Å²) in [5, 5.41) is 48.6. The first-order valence-corrected chi connectivity index (χ1v) is 20.3. The van der Waals surface area contributed by atoms with Gasteiger partial charge in [-0.2, -0.15) is 10.2 Å². The maximum absolute atomic E-state index is 12.7.